The van der Waals surface area contributed by atoms with Crippen LogP contribution in [0.4, 0.5) is 11.4 Å². The average Bonchev–Trinajstić information content (AvgIpc) is 3.30. The van der Waals surface area contributed by atoms with Gasteiger partial charge < -0.3 is 20.1 Å². The lowest BCUT2D eigenvalue weighted by atomic mass is 10.0. The second kappa shape index (κ2) is 26.2. The number of carboxylic acid groups (broad SMARTS) is 1. The summed E-state index contributed by atoms with van der Waals surface area (Å²) < 4.78 is 5.14. The van der Waals surface area contributed by atoms with Crippen LogP contribution >= 0.6 is 0 Å². The van der Waals surface area contributed by atoms with Gasteiger partial charge in [0.15, 0.2) is 11.6 Å². The average molecular weight is 867 g/mol. The van der Waals surface area contributed by atoms with E-state index in [1.807, 2.05) is 17.0 Å². The van der Waals surface area contributed by atoms with E-state index in [1.165, 1.54) is 65.2 Å². The lowest BCUT2D eigenvalue weighted by Gasteiger charge is -2.34. The highest BCUT2D eigenvalue weighted by atomic mass is 16.6. The Labute approximate surface area is 368 Å². The topological polar surface area (TPSA) is 206 Å². The summed E-state index contributed by atoms with van der Waals surface area (Å²) in [6.07, 6.45) is 2.47. The first-order chi connectivity index (χ1) is 30.3. The van der Waals surface area contributed by atoms with Gasteiger partial charge in [-0.25, -0.2) is 0 Å². The quantitative estimate of drug-likeness (QED) is 0.0589. The van der Waals surface area contributed by atoms with E-state index in [2.05, 4.69) is 58.4 Å². The lowest BCUT2D eigenvalue weighted by molar-refractivity contribution is -0.385. The zero-order valence-corrected chi connectivity index (χ0v) is 36.1. The van der Waals surface area contributed by atoms with Gasteiger partial charge in [-0.15, -0.1) is 0 Å². The number of carbonyl (C=O) groups is 4. The molecule has 336 valence electrons. The van der Waals surface area contributed by atoms with Crippen molar-refractivity contribution >= 4 is 34.8 Å². The molecule has 1 amide bonds. The molecular formula is C47H58N6O10. The Morgan fingerprint density at radius 2 is 1.03 bits per heavy atom. The summed E-state index contributed by atoms with van der Waals surface area (Å²) in [7, 11) is 1.70. The van der Waals surface area contributed by atoms with Crippen molar-refractivity contribution in [3.63, 3.8) is 0 Å². The van der Waals surface area contributed by atoms with E-state index in [1.54, 1.807) is 7.11 Å². The van der Waals surface area contributed by atoms with Crippen molar-refractivity contribution in [1.29, 1.82) is 0 Å². The number of carboxylic acids is 1. The minimum Gasteiger partial charge on any atom is -0.497 e. The SMILES string of the molecule is CCc1ccc(CN2CCN(C(=O)CCCC(=O)c3ccc([N+](=O)[O-])cc3)CC2)cc1.COc1ccc(CN2CCNCC2)cc1.O=C(O)CCCC(=O)c1ccc([N+](=O)[O-])cc1. The van der Waals surface area contributed by atoms with Gasteiger partial charge in [0.05, 0.1) is 17.0 Å². The maximum absolute atomic E-state index is 12.5. The van der Waals surface area contributed by atoms with E-state index in [9.17, 15) is 39.4 Å². The van der Waals surface area contributed by atoms with Gasteiger partial charge in [-0.2, -0.15) is 0 Å². The highest BCUT2D eigenvalue weighted by Crippen LogP contribution is 2.18. The predicted molar refractivity (Wildman–Crippen MR) is 239 cm³/mol. The number of methoxy groups -OCH3 is 1. The molecule has 2 fully saturated rings. The van der Waals surface area contributed by atoms with Gasteiger partial charge in [0.1, 0.15) is 5.75 Å². The number of nitrogens with zero attached hydrogens (tertiary/aromatic N) is 5. The Morgan fingerprint density at radius 1 is 0.603 bits per heavy atom. The minimum absolute atomic E-state index is 0.0381. The molecule has 2 saturated heterocycles. The third-order valence-corrected chi connectivity index (χ3v) is 10.7. The standard InChI is InChI=1S/C24H29N3O4.C12H18N2O.C11H11NO5/c1-2-19-6-8-20(9-7-19)18-25-14-16-26(17-15-25)24(29)5-3-4-23(28)21-10-12-22(13-11-21)27(30)31;1-15-12-4-2-11(3-5-12)10-14-8-6-13-7-9-14;13-10(2-1-3-11(14)15)8-4-6-9(7-5-8)12(16)17/h6-13H,2-5,14-18H2,1H3;2-5,13H,6-10H2,1H3;4-7H,1-3H2,(H,14,15). The summed E-state index contributed by atoms with van der Waals surface area (Å²) in [6.45, 7) is 11.7. The third-order valence-electron chi connectivity index (χ3n) is 10.7. The molecule has 0 unspecified atom stereocenters. The fourth-order valence-electron chi connectivity index (χ4n) is 6.94. The van der Waals surface area contributed by atoms with Crippen molar-refractivity contribution in [2.45, 2.75) is 65.0 Å². The van der Waals surface area contributed by atoms with Crippen LogP contribution in [-0.2, 0) is 29.1 Å². The molecule has 63 heavy (non-hydrogen) atoms. The predicted octanol–water partition coefficient (Wildman–Crippen LogP) is 6.99. The number of benzene rings is 4. The van der Waals surface area contributed by atoms with Crippen LogP contribution in [0.25, 0.3) is 0 Å². The van der Waals surface area contributed by atoms with E-state index < -0.39 is 15.8 Å². The number of hydrogen-bond acceptors (Lipinski definition) is 12. The van der Waals surface area contributed by atoms with Crippen molar-refractivity contribution in [3.05, 3.63) is 145 Å². The first-order valence-corrected chi connectivity index (χ1v) is 21.3. The number of piperazine rings is 2. The molecule has 16 nitrogen and oxygen atoms in total. The number of rotatable bonds is 18. The summed E-state index contributed by atoms with van der Waals surface area (Å²) in [4.78, 5) is 73.3. The number of nitro benzene ring substituents is 2. The zero-order chi connectivity index (χ0) is 45.6. The van der Waals surface area contributed by atoms with E-state index in [0.717, 1.165) is 64.5 Å². The molecule has 0 radical (unpaired) electrons. The molecule has 16 heteroatoms. The molecule has 0 aromatic heterocycles. The van der Waals surface area contributed by atoms with Gasteiger partial charge in [0.2, 0.25) is 5.91 Å². The van der Waals surface area contributed by atoms with Crippen LogP contribution in [-0.4, -0.2) is 113 Å². The molecule has 0 saturated carbocycles. The number of nitrogens with one attached hydrogen (secondary N) is 1. The highest BCUT2D eigenvalue weighted by molar-refractivity contribution is 5.97. The molecule has 2 aliphatic heterocycles. The largest absolute Gasteiger partial charge is 0.497 e. The zero-order valence-electron chi connectivity index (χ0n) is 36.1. The molecule has 4 aromatic carbocycles. The Bertz CT molecular complexity index is 2080. The normalized spacial score (nSPS) is 14.0. The van der Waals surface area contributed by atoms with Gasteiger partial charge >= 0.3 is 5.97 Å². The second-order valence-electron chi connectivity index (χ2n) is 15.3. The number of non-ortho nitro benzene ring substituents is 2. The maximum atomic E-state index is 12.5. The number of hydrogen-bond donors (Lipinski definition) is 2. The number of aryl methyl sites for hydroxylation is 1. The van der Waals surface area contributed by atoms with Crippen molar-refractivity contribution in [2.75, 3.05) is 59.5 Å². The van der Waals surface area contributed by atoms with Crippen LogP contribution in [0.2, 0.25) is 0 Å². The Hall–Kier alpha value is -6.36. The van der Waals surface area contributed by atoms with Crippen LogP contribution in [0.15, 0.2) is 97.1 Å². The van der Waals surface area contributed by atoms with Crippen LogP contribution in [0.5, 0.6) is 5.75 Å². The van der Waals surface area contributed by atoms with E-state index in [0.29, 0.717) is 37.1 Å². The summed E-state index contributed by atoms with van der Waals surface area (Å²) in [5, 5.41) is 32.8. The molecule has 0 spiro atoms. The fraction of sp³-hybridized carbons (Fsp3) is 0.404. The number of nitro groups is 2. The molecule has 0 aliphatic carbocycles. The smallest absolute Gasteiger partial charge is 0.303 e. The third kappa shape index (κ3) is 17.5. The molecule has 2 heterocycles. The van der Waals surface area contributed by atoms with Crippen molar-refractivity contribution in [1.82, 2.24) is 20.0 Å². The van der Waals surface area contributed by atoms with Gasteiger partial charge in [0.25, 0.3) is 11.4 Å². The van der Waals surface area contributed by atoms with Crippen molar-refractivity contribution < 1.29 is 38.9 Å². The monoisotopic (exact) mass is 866 g/mol. The van der Waals surface area contributed by atoms with E-state index in [-0.39, 0.29) is 54.5 Å². The summed E-state index contributed by atoms with van der Waals surface area (Å²) in [5.74, 6) is -0.230. The van der Waals surface area contributed by atoms with Gasteiger partial charge in [-0.1, -0.05) is 43.3 Å². The lowest BCUT2D eigenvalue weighted by Crippen LogP contribution is -2.48. The van der Waals surface area contributed by atoms with Crippen LogP contribution < -0.4 is 10.1 Å². The minimum atomic E-state index is -0.943. The summed E-state index contributed by atoms with van der Waals surface area (Å²) in [5.41, 5.74) is 4.68. The summed E-state index contributed by atoms with van der Waals surface area (Å²) in [6, 6.07) is 27.9. The fourth-order valence-corrected chi connectivity index (χ4v) is 6.94. The number of amides is 1. The number of carbonyl (C=O) groups excluding carboxylic acids is 3. The maximum Gasteiger partial charge on any atom is 0.303 e. The molecule has 0 atom stereocenters. The van der Waals surface area contributed by atoms with Crippen LogP contribution in [0, 0.1) is 20.2 Å². The molecule has 4 aromatic rings. The first-order valence-electron chi connectivity index (χ1n) is 21.3. The van der Waals surface area contributed by atoms with Crippen molar-refractivity contribution in [3.8, 4) is 5.75 Å². The highest BCUT2D eigenvalue weighted by Gasteiger charge is 2.21. The van der Waals surface area contributed by atoms with E-state index >= 15 is 0 Å². The van der Waals surface area contributed by atoms with Crippen LogP contribution in [0.3, 0.4) is 0 Å². The molecule has 2 aliphatic rings. The van der Waals surface area contributed by atoms with Gasteiger partial charge in [-0.05, 0) is 72.4 Å². The Kier molecular flexibility index (Phi) is 20.5. The number of ether oxygens (including phenoxy) is 1. The van der Waals surface area contributed by atoms with Gasteiger partial charge in [0, 0.05) is 127 Å². The Balaban J connectivity index is 0.000000229. The molecule has 2 N–H and O–H groups in total. The van der Waals surface area contributed by atoms with Crippen molar-refractivity contribution in [2.24, 2.45) is 0 Å². The first kappa shape index (κ1) is 49.3. The number of aliphatic carboxylic acids is 1. The van der Waals surface area contributed by atoms with E-state index in [4.69, 9.17) is 9.84 Å². The molecule has 6 rings (SSSR count). The van der Waals surface area contributed by atoms with Gasteiger partial charge in [-0.3, -0.25) is 49.2 Å². The van der Waals surface area contributed by atoms with Crippen LogP contribution in [0.1, 0.15) is 82.9 Å². The summed E-state index contributed by atoms with van der Waals surface area (Å²) >= 11 is 0. The second-order valence-corrected chi connectivity index (χ2v) is 15.3. The number of ketones is 2. The molecule has 0 bridgehead atoms. The molecular weight excluding hydrogens is 809 g/mol. The number of Topliss-reactive ketones (excluding diaryl/α,β-unsaturated/α-hetero) is 2. The Morgan fingerprint density at radius 3 is 1.46 bits per heavy atom.